The molecule has 2 aromatic carbocycles. The van der Waals surface area contributed by atoms with Crippen LogP contribution in [-0.2, 0) is 27.2 Å². The van der Waals surface area contributed by atoms with E-state index in [1.807, 2.05) is 54.8 Å². The molecular formula is C28H38Cl2O5S. The lowest BCUT2D eigenvalue weighted by molar-refractivity contribution is -0.148. The maximum atomic E-state index is 10.8. The molecule has 2 aromatic rings. The summed E-state index contributed by atoms with van der Waals surface area (Å²) in [6.07, 6.45) is 10.7. The molecule has 0 amide bonds. The standard InChI is InChI=1S/C14H19ClO3.C14H19ClO2S/c2*1-18-13(14(16)17)6-4-2-3-5-11-7-9-12(15)10-8-11/h2*7-10,13H,2-6H2,1H3,(H,16,17). The first-order valence-corrected chi connectivity index (χ1v) is 14.3. The van der Waals surface area contributed by atoms with Gasteiger partial charge < -0.3 is 14.9 Å². The number of benzene rings is 2. The van der Waals surface area contributed by atoms with Gasteiger partial charge in [-0.05, 0) is 80.2 Å². The van der Waals surface area contributed by atoms with Crippen molar-refractivity contribution in [2.24, 2.45) is 0 Å². The molecule has 2 rings (SSSR count). The van der Waals surface area contributed by atoms with Gasteiger partial charge in [0.05, 0.1) is 0 Å². The Bertz CT molecular complexity index is 801. The van der Waals surface area contributed by atoms with Gasteiger partial charge in [-0.3, -0.25) is 4.79 Å². The summed E-state index contributed by atoms with van der Waals surface area (Å²) in [5, 5.41) is 19.0. The fourth-order valence-corrected chi connectivity index (χ4v) is 4.51. The first-order valence-electron chi connectivity index (χ1n) is 12.3. The summed E-state index contributed by atoms with van der Waals surface area (Å²) in [6.45, 7) is 0. The second kappa shape index (κ2) is 19.4. The molecule has 36 heavy (non-hydrogen) atoms. The van der Waals surface area contributed by atoms with Crippen molar-refractivity contribution in [3.63, 3.8) is 0 Å². The number of carboxylic acid groups (broad SMARTS) is 2. The largest absolute Gasteiger partial charge is 0.480 e. The van der Waals surface area contributed by atoms with Crippen LogP contribution >= 0.6 is 35.0 Å². The van der Waals surface area contributed by atoms with Crippen molar-refractivity contribution < 1.29 is 24.5 Å². The highest BCUT2D eigenvalue weighted by Gasteiger charge is 2.15. The van der Waals surface area contributed by atoms with E-state index in [1.54, 1.807) is 0 Å². The molecule has 0 fully saturated rings. The van der Waals surface area contributed by atoms with Crippen molar-refractivity contribution in [1.29, 1.82) is 0 Å². The van der Waals surface area contributed by atoms with Gasteiger partial charge in [-0.1, -0.05) is 73.2 Å². The lowest BCUT2D eigenvalue weighted by Crippen LogP contribution is -2.21. The van der Waals surface area contributed by atoms with Gasteiger partial charge in [-0.2, -0.15) is 11.8 Å². The molecular weight excluding hydrogens is 519 g/mol. The summed E-state index contributed by atoms with van der Waals surface area (Å²) >= 11 is 13.0. The fraction of sp³-hybridized carbons (Fsp3) is 0.500. The number of methoxy groups -OCH3 is 1. The molecule has 0 aliphatic heterocycles. The van der Waals surface area contributed by atoms with Crippen molar-refractivity contribution in [2.75, 3.05) is 13.4 Å². The minimum absolute atomic E-state index is 0.250. The van der Waals surface area contributed by atoms with Gasteiger partial charge in [0.2, 0.25) is 0 Å². The first kappa shape index (κ1) is 32.3. The summed E-state index contributed by atoms with van der Waals surface area (Å²) in [6, 6.07) is 15.7. The molecule has 5 nitrogen and oxygen atoms in total. The van der Waals surface area contributed by atoms with Gasteiger partial charge in [0.1, 0.15) is 5.25 Å². The number of unbranched alkanes of at least 4 members (excludes halogenated alkanes) is 4. The summed E-state index contributed by atoms with van der Waals surface area (Å²) in [4.78, 5) is 21.5. The maximum absolute atomic E-state index is 10.8. The van der Waals surface area contributed by atoms with Crippen molar-refractivity contribution in [2.45, 2.75) is 75.6 Å². The van der Waals surface area contributed by atoms with Crippen LogP contribution in [0.15, 0.2) is 48.5 Å². The molecule has 2 atom stereocenters. The zero-order chi connectivity index (χ0) is 26.8. The Labute approximate surface area is 229 Å². The van der Waals surface area contributed by atoms with E-state index in [2.05, 4.69) is 0 Å². The number of ether oxygens (including phenoxy) is 1. The third kappa shape index (κ3) is 14.7. The van der Waals surface area contributed by atoms with Gasteiger partial charge in [0.15, 0.2) is 6.10 Å². The Balaban J connectivity index is 0.000000360. The molecule has 0 aliphatic rings. The topological polar surface area (TPSA) is 83.8 Å². The van der Waals surface area contributed by atoms with E-state index in [1.165, 1.54) is 30.0 Å². The first-order chi connectivity index (χ1) is 17.3. The molecule has 0 saturated carbocycles. The number of rotatable bonds is 16. The zero-order valence-corrected chi connectivity index (χ0v) is 23.5. The minimum Gasteiger partial charge on any atom is -0.480 e. The average molecular weight is 558 g/mol. The third-order valence-corrected chi connectivity index (χ3v) is 7.32. The number of aryl methyl sites for hydroxylation is 2. The van der Waals surface area contributed by atoms with Crippen LogP contribution in [0.25, 0.3) is 0 Å². The van der Waals surface area contributed by atoms with Gasteiger partial charge in [0.25, 0.3) is 0 Å². The Morgan fingerprint density at radius 1 is 0.750 bits per heavy atom. The molecule has 2 N–H and O–H groups in total. The maximum Gasteiger partial charge on any atom is 0.332 e. The number of halogens is 2. The molecule has 0 saturated heterocycles. The van der Waals surface area contributed by atoms with E-state index >= 15 is 0 Å². The van der Waals surface area contributed by atoms with E-state index < -0.39 is 18.0 Å². The van der Waals surface area contributed by atoms with Crippen LogP contribution in [0.2, 0.25) is 10.0 Å². The number of carbonyl (C=O) groups is 2. The Morgan fingerprint density at radius 2 is 1.19 bits per heavy atom. The van der Waals surface area contributed by atoms with Crippen LogP contribution in [0.5, 0.6) is 0 Å². The molecule has 0 aliphatic carbocycles. The third-order valence-electron chi connectivity index (χ3n) is 5.81. The number of aliphatic carboxylic acids is 2. The Kier molecular flexibility index (Phi) is 17.4. The van der Waals surface area contributed by atoms with E-state index in [4.69, 9.17) is 38.2 Å². The predicted octanol–water partition coefficient (Wildman–Crippen LogP) is 7.80. The highest BCUT2D eigenvalue weighted by molar-refractivity contribution is 7.99. The molecule has 0 spiro atoms. The van der Waals surface area contributed by atoms with E-state index in [9.17, 15) is 9.59 Å². The van der Waals surface area contributed by atoms with Crippen LogP contribution in [0, 0.1) is 0 Å². The second-order valence-electron chi connectivity index (χ2n) is 8.58. The number of hydrogen-bond acceptors (Lipinski definition) is 4. The summed E-state index contributed by atoms with van der Waals surface area (Å²) in [5.74, 6) is -1.57. The summed E-state index contributed by atoms with van der Waals surface area (Å²) in [7, 11) is 1.44. The van der Waals surface area contributed by atoms with E-state index in [0.29, 0.717) is 6.42 Å². The molecule has 0 radical (unpaired) electrons. The molecule has 200 valence electrons. The zero-order valence-electron chi connectivity index (χ0n) is 21.1. The number of carboxylic acids is 2. The SMILES string of the molecule is COC(CCCCCc1ccc(Cl)cc1)C(=O)O.CSC(CCCCCc1ccc(Cl)cc1)C(=O)O. The lowest BCUT2D eigenvalue weighted by atomic mass is 10.0. The lowest BCUT2D eigenvalue weighted by Gasteiger charge is -2.09. The van der Waals surface area contributed by atoms with Crippen LogP contribution in [0.3, 0.4) is 0 Å². The molecule has 8 heteroatoms. The molecule has 0 heterocycles. The van der Waals surface area contributed by atoms with Crippen LogP contribution in [0.4, 0.5) is 0 Å². The van der Waals surface area contributed by atoms with Gasteiger partial charge in [-0.25, -0.2) is 4.79 Å². The molecule has 0 aromatic heterocycles. The van der Waals surface area contributed by atoms with Gasteiger partial charge in [0, 0.05) is 17.2 Å². The predicted molar refractivity (Wildman–Crippen MR) is 151 cm³/mol. The van der Waals surface area contributed by atoms with Gasteiger partial charge in [-0.15, -0.1) is 0 Å². The second-order valence-corrected chi connectivity index (χ2v) is 10.5. The van der Waals surface area contributed by atoms with Crippen molar-refractivity contribution in [3.05, 3.63) is 69.7 Å². The van der Waals surface area contributed by atoms with E-state index in [-0.39, 0.29) is 5.25 Å². The van der Waals surface area contributed by atoms with Crippen LogP contribution < -0.4 is 0 Å². The summed E-state index contributed by atoms with van der Waals surface area (Å²) < 4.78 is 4.88. The average Bonchev–Trinajstić information content (AvgIpc) is 2.85. The fourth-order valence-electron chi connectivity index (χ4n) is 3.66. The minimum atomic E-state index is -0.879. The number of hydrogen-bond donors (Lipinski definition) is 2. The molecule has 0 bridgehead atoms. The van der Waals surface area contributed by atoms with E-state index in [0.717, 1.165) is 67.8 Å². The highest BCUT2D eigenvalue weighted by Crippen LogP contribution is 2.17. The van der Waals surface area contributed by atoms with Crippen LogP contribution in [-0.4, -0.2) is 46.9 Å². The highest BCUT2D eigenvalue weighted by atomic mass is 35.5. The molecule has 2 unspecified atom stereocenters. The monoisotopic (exact) mass is 556 g/mol. The van der Waals surface area contributed by atoms with Crippen molar-refractivity contribution in [3.8, 4) is 0 Å². The summed E-state index contributed by atoms with van der Waals surface area (Å²) in [5.41, 5.74) is 2.56. The van der Waals surface area contributed by atoms with Crippen molar-refractivity contribution in [1.82, 2.24) is 0 Å². The number of thioether (sulfide) groups is 1. The normalized spacial score (nSPS) is 12.3. The van der Waals surface area contributed by atoms with Crippen molar-refractivity contribution >= 4 is 46.9 Å². The quantitative estimate of drug-likeness (QED) is 0.205. The van der Waals surface area contributed by atoms with Gasteiger partial charge >= 0.3 is 11.9 Å². The van der Waals surface area contributed by atoms with Crippen LogP contribution in [0.1, 0.15) is 62.5 Å². The smallest absolute Gasteiger partial charge is 0.332 e. The Morgan fingerprint density at radius 3 is 1.56 bits per heavy atom. The Hall–Kier alpha value is -1.73.